The average molecular weight is 509 g/mol. The molecule has 0 aliphatic carbocycles. The van der Waals surface area contributed by atoms with Crippen molar-refractivity contribution in [3.63, 3.8) is 0 Å². The van der Waals surface area contributed by atoms with Crippen LogP contribution in [-0.4, -0.2) is 71.1 Å². The fourth-order valence-electron chi connectivity index (χ4n) is 4.27. The van der Waals surface area contributed by atoms with E-state index in [1.54, 1.807) is 48.5 Å². The summed E-state index contributed by atoms with van der Waals surface area (Å²) in [5, 5.41) is 2.59. The van der Waals surface area contributed by atoms with E-state index in [0.717, 1.165) is 10.5 Å². The third-order valence-corrected chi connectivity index (χ3v) is 6.20. The molecule has 0 radical (unpaired) electrons. The lowest BCUT2D eigenvalue weighted by atomic mass is 10.0. The number of carbonyl (C=O) groups excluding carboxylic acids is 5. The molecule has 10 heteroatoms. The van der Waals surface area contributed by atoms with Gasteiger partial charge in [0, 0.05) is 13.0 Å². The summed E-state index contributed by atoms with van der Waals surface area (Å²) < 4.78 is 5.38. The lowest BCUT2D eigenvalue weighted by Gasteiger charge is -2.30. The van der Waals surface area contributed by atoms with Crippen molar-refractivity contribution in [2.24, 2.45) is 5.73 Å². The number of nitrogens with one attached hydrogen (secondary N) is 1. The first-order chi connectivity index (χ1) is 17.8. The van der Waals surface area contributed by atoms with Crippen LogP contribution in [0.4, 0.5) is 4.79 Å². The number of aldehydes is 1. The Morgan fingerprint density at radius 2 is 1.70 bits per heavy atom. The number of ether oxygens (including phenoxy) is 1. The quantitative estimate of drug-likeness (QED) is 0.463. The summed E-state index contributed by atoms with van der Waals surface area (Å²) in [5.41, 5.74) is 6.90. The molecule has 0 bridgehead atoms. The maximum Gasteiger partial charge on any atom is 0.417 e. The first kappa shape index (κ1) is 27.5. The molecule has 1 saturated heterocycles. The predicted molar refractivity (Wildman–Crippen MR) is 135 cm³/mol. The summed E-state index contributed by atoms with van der Waals surface area (Å²) >= 11 is 0. The molecule has 3 atom stereocenters. The molecule has 0 unspecified atom stereocenters. The summed E-state index contributed by atoms with van der Waals surface area (Å²) in [4.78, 5) is 65.8. The van der Waals surface area contributed by atoms with Crippen molar-refractivity contribution in [1.29, 1.82) is 0 Å². The van der Waals surface area contributed by atoms with E-state index in [4.69, 9.17) is 10.5 Å². The zero-order chi connectivity index (χ0) is 26.8. The fourth-order valence-corrected chi connectivity index (χ4v) is 4.27. The van der Waals surface area contributed by atoms with Gasteiger partial charge in [0.2, 0.25) is 11.8 Å². The lowest BCUT2D eigenvalue weighted by molar-refractivity contribution is -0.141. The van der Waals surface area contributed by atoms with Crippen LogP contribution in [0.2, 0.25) is 0 Å². The van der Waals surface area contributed by atoms with Crippen LogP contribution in [0.5, 0.6) is 0 Å². The van der Waals surface area contributed by atoms with Crippen LogP contribution in [0.1, 0.15) is 30.9 Å². The number of hydrogen-bond acceptors (Lipinski definition) is 7. The third kappa shape index (κ3) is 7.23. The monoisotopic (exact) mass is 508 g/mol. The minimum absolute atomic E-state index is 0.0819. The highest BCUT2D eigenvalue weighted by Crippen LogP contribution is 2.18. The molecule has 0 saturated carbocycles. The second kappa shape index (κ2) is 13.3. The topological polar surface area (TPSA) is 139 Å². The molecule has 196 valence electrons. The predicted octanol–water partition coefficient (Wildman–Crippen LogP) is 1.42. The molecule has 3 N–H and O–H groups in total. The first-order valence-corrected chi connectivity index (χ1v) is 12.2. The van der Waals surface area contributed by atoms with E-state index < -0.39 is 36.0 Å². The van der Waals surface area contributed by atoms with E-state index in [2.05, 4.69) is 5.32 Å². The van der Waals surface area contributed by atoms with Gasteiger partial charge in [-0.3, -0.25) is 14.4 Å². The molecule has 2 aromatic rings. The highest BCUT2D eigenvalue weighted by Gasteiger charge is 2.38. The summed E-state index contributed by atoms with van der Waals surface area (Å²) in [7, 11) is 0. The lowest BCUT2D eigenvalue weighted by Crippen LogP contribution is -2.57. The molecule has 37 heavy (non-hydrogen) atoms. The molecular formula is C27H32N4O6. The van der Waals surface area contributed by atoms with Gasteiger partial charge in [0.15, 0.2) is 0 Å². The standard InChI is InChI=1S/C27H32N4O6/c1-19(29-25(34)23-13-8-14-30(23)24(33)16-28)26(35)31(22(17-32)15-20-9-4-2-5-10-20)27(36)37-18-21-11-6-3-7-12-21/h2-7,9-12,17,19,22-23H,8,13-16,18,28H2,1H3,(H,29,34)/t19-,22-,23-/m0/s1. The molecule has 4 amide bonds. The number of rotatable bonds is 10. The SMILES string of the molecule is C[C@H](NC(=O)[C@@H]1CCCN1C(=O)CN)C(=O)N(C(=O)OCc1ccccc1)[C@H](C=O)Cc1ccccc1. The number of nitrogens with zero attached hydrogens (tertiary/aromatic N) is 2. The normalized spacial score (nSPS) is 16.4. The van der Waals surface area contributed by atoms with Crippen molar-refractivity contribution >= 4 is 30.1 Å². The van der Waals surface area contributed by atoms with E-state index in [9.17, 15) is 24.0 Å². The largest absolute Gasteiger partial charge is 0.444 e. The van der Waals surface area contributed by atoms with Crippen LogP contribution in [-0.2, 0) is 36.9 Å². The molecule has 1 heterocycles. The van der Waals surface area contributed by atoms with E-state index in [1.807, 2.05) is 12.1 Å². The van der Waals surface area contributed by atoms with Gasteiger partial charge in [0.25, 0.3) is 5.91 Å². The zero-order valence-electron chi connectivity index (χ0n) is 20.7. The zero-order valence-corrected chi connectivity index (χ0v) is 20.7. The second-order valence-electron chi connectivity index (χ2n) is 8.82. The minimum atomic E-state index is -1.16. The third-order valence-electron chi connectivity index (χ3n) is 6.20. The fraction of sp³-hybridized carbons (Fsp3) is 0.370. The first-order valence-electron chi connectivity index (χ1n) is 12.2. The Bertz CT molecular complexity index is 1090. The molecule has 0 spiro atoms. The van der Waals surface area contributed by atoms with E-state index in [1.165, 1.54) is 11.8 Å². The van der Waals surface area contributed by atoms with Gasteiger partial charge in [-0.2, -0.15) is 0 Å². The Morgan fingerprint density at radius 3 is 2.30 bits per heavy atom. The van der Waals surface area contributed by atoms with Crippen molar-refractivity contribution in [2.75, 3.05) is 13.1 Å². The van der Waals surface area contributed by atoms with Crippen molar-refractivity contribution in [2.45, 2.75) is 50.9 Å². The van der Waals surface area contributed by atoms with Crippen LogP contribution in [0.3, 0.4) is 0 Å². The second-order valence-corrected chi connectivity index (χ2v) is 8.82. The molecule has 1 fully saturated rings. The number of amides is 4. The highest BCUT2D eigenvalue weighted by molar-refractivity contribution is 6.00. The highest BCUT2D eigenvalue weighted by atomic mass is 16.6. The van der Waals surface area contributed by atoms with Crippen LogP contribution in [0, 0.1) is 0 Å². The van der Waals surface area contributed by atoms with Gasteiger partial charge in [-0.25, -0.2) is 9.69 Å². The van der Waals surface area contributed by atoms with Crippen molar-refractivity contribution in [1.82, 2.24) is 15.1 Å². The molecule has 2 aromatic carbocycles. The Labute approximate surface area is 215 Å². The number of imide groups is 1. The van der Waals surface area contributed by atoms with Gasteiger partial charge in [0.1, 0.15) is 31.0 Å². The summed E-state index contributed by atoms with van der Waals surface area (Å²) in [6, 6.07) is 14.8. The van der Waals surface area contributed by atoms with Crippen molar-refractivity contribution in [3.05, 3.63) is 71.8 Å². The van der Waals surface area contributed by atoms with Gasteiger partial charge >= 0.3 is 6.09 Å². The molecule has 3 rings (SSSR count). The van der Waals surface area contributed by atoms with Gasteiger partial charge in [0.05, 0.1) is 6.54 Å². The number of likely N-dealkylation sites (tertiary alicyclic amines) is 1. The Kier molecular flexibility index (Phi) is 9.91. The smallest absolute Gasteiger partial charge is 0.417 e. The molecule has 0 aromatic heterocycles. The maximum atomic E-state index is 13.5. The maximum absolute atomic E-state index is 13.5. The summed E-state index contributed by atoms with van der Waals surface area (Å²) in [6.45, 7) is 1.50. The Balaban J connectivity index is 1.77. The number of benzene rings is 2. The minimum Gasteiger partial charge on any atom is -0.444 e. The van der Waals surface area contributed by atoms with E-state index >= 15 is 0 Å². The van der Waals surface area contributed by atoms with Gasteiger partial charge in [-0.05, 0) is 30.9 Å². The average Bonchev–Trinajstić information content (AvgIpc) is 3.42. The van der Waals surface area contributed by atoms with Gasteiger partial charge in [-0.1, -0.05) is 60.7 Å². The van der Waals surface area contributed by atoms with Crippen molar-refractivity contribution < 1.29 is 28.7 Å². The molecule has 1 aliphatic rings. The van der Waals surface area contributed by atoms with E-state index in [-0.39, 0.29) is 25.5 Å². The van der Waals surface area contributed by atoms with Crippen LogP contribution < -0.4 is 11.1 Å². The number of nitrogens with two attached hydrogens (primary N) is 1. The summed E-state index contributed by atoms with van der Waals surface area (Å²) in [5.74, 6) is -1.68. The molecule has 1 aliphatic heterocycles. The van der Waals surface area contributed by atoms with Gasteiger partial charge in [-0.15, -0.1) is 0 Å². The van der Waals surface area contributed by atoms with E-state index in [0.29, 0.717) is 31.2 Å². The summed E-state index contributed by atoms with van der Waals surface area (Å²) in [6.07, 6.45) is 0.671. The van der Waals surface area contributed by atoms with Crippen LogP contribution in [0.15, 0.2) is 60.7 Å². The van der Waals surface area contributed by atoms with Gasteiger partial charge < -0.3 is 25.5 Å². The number of hydrogen-bond donors (Lipinski definition) is 2. The van der Waals surface area contributed by atoms with Crippen LogP contribution in [0.25, 0.3) is 0 Å². The van der Waals surface area contributed by atoms with Crippen LogP contribution >= 0.6 is 0 Å². The number of carbonyl (C=O) groups is 5. The molecular weight excluding hydrogens is 476 g/mol. The Morgan fingerprint density at radius 1 is 1.08 bits per heavy atom. The van der Waals surface area contributed by atoms with Crippen molar-refractivity contribution in [3.8, 4) is 0 Å². The Hall–Kier alpha value is -4.05. The molecule has 10 nitrogen and oxygen atoms in total.